The van der Waals surface area contributed by atoms with E-state index in [-0.39, 0.29) is 0 Å². The molecule has 0 amide bonds. The van der Waals surface area contributed by atoms with Crippen molar-refractivity contribution in [2.75, 3.05) is 53.1 Å². The Morgan fingerprint density at radius 3 is 2.24 bits per heavy atom. The van der Waals surface area contributed by atoms with Crippen LogP contribution in [0.5, 0.6) is 0 Å². The lowest BCUT2D eigenvalue weighted by atomic mass is 9.98. The van der Waals surface area contributed by atoms with E-state index in [2.05, 4.69) is 17.1 Å². The summed E-state index contributed by atoms with van der Waals surface area (Å²) >= 11 is 0. The molecule has 0 bridgehead atoms. The molecule has 170 valence electrons. The van der Waals surface area contributed by atoms with Gasteiger partial charge in [0, 0.05) is 53.1 Å². The van der Waals surface area contributed by atoms with Crippen molar-refractivity contribution in [3.8, 4) is 0 Å². The fourth-order valence-electron chi connectivity index (χ4n) is 4.17. The second-order valence-corrected chi connectivity index (χ2v) is 8.33. The van der Waals surface area contributed by atoms with E-state index < -0.39 is 0 Å². The summed E-state index contributed by atoms with van der Waals surface area (Å²) in [4.78, 5) is 7.26. The third kappa shape index (κ3) is 10.7. The minimum atomic E-state index is 0.384. The van der Waals surface area contributed by atoms with Crippen molar-refractivity contribution in [1.82, 2.24) is 10.2 Å². The number of methoxy groups -OCH3 is 1. The minimum Gasteiger partial charge on any atom is -0.385 e. The van der Waals surface area contributed by atoms with Crippen molar-refractivity contribution >= 4 is 5.96 Å². The monoisotopic (exact) mass is 411 g/mol. The first-order chi connectivity index (χ1) is 14.3. The summed E-state index contributed by atoms with van der Waals surface area (Å²) in [6, 6.07) is 0. The first-order valence-electron chi connectivity index (χ1n) is 12.1. The van der Waals surface area contributed by atoms with Gasteiger partial charge in [-0.1, -0.05) is 19.3 Å². The second-order valence-electron chi connectivity index (χ2n) is 8.33. The van der Waals surface area contributed by atoms with E-state index in [9.17, 15) is 0 Å². The Morgan fingerprint density at radius 2 is 1.55 bits per heavy atom. The summed E-state index contributed by atoms with van der Waals surface area (Å²) in [5.74, 6) is 1.07. The maximum Gasteiger partial charge on any atom is 0.193 e. The van der Waals surface area contributed by atoms with Crippen LogP contribution in [-0.4, -0.2) is 76.2 Å². The normalized spacial score (nSPS) is 19.7. The molecule has 1 heterocycles. The molecule has 1 saturated carbocycles. The molecule has 1 N–H and O–H groups in total. The average molecular weight is 412 g/mol. The number of likely N-dealkylation sites (tertiary alicyclic amines) is 1. The van der Waals surface area contributed by atoms with Gasteiger partial charge >= 0.3 is 0 Å². The minimum absolute atomic E-state index is 0.384. The van der Waals surface area contributed by atoms with Gasteiger partial charge in [-0.2, -0.15) is 0 Å². The average Bonchev–Trinajstić information content (AvgIpc) is 2.76. The number of nitrogens with zero attached hydrogens (tertiary/aromatic N) is 2. The van der Waals surface area contributed by atoms with Crippen molar-refractivity contribution in [3.05, 3.63) is 0 Å². The van der Waals surface area contributed by atoms with Gasteiger partial charge in [-0.05, 0) is 58.3 Å². The maximum absolute atomic E-state index is 6.02. The van der Waals surface area contributed by atoms with Gasteiger partial charge < -0.3 is 24.4 Å². The number of unbranched alkanes of at least 4 members (excludes halogenated alkanes) is 2. The lowest BCUT2D eigenvalue weighted by Crippen LogP contribution is -2.47. The Morgan fingerprint density at radius 1 is 0.862 bits per heavy atom. The predicted octanol–water partition coefficient (Wildman–Crippen LogP) is 3.99. The Labute approximate surface area is 178 Å². The van der Waals surface area contributed by atoms with Crippen LogP contribution < -0.4 is 5.32 Å². The van der Waals surface area contributed by atoms with Gasteiger partial charge in [0.15, 0.2) is 5.96 Å². The van der Waals surface area contributed by atoms with E-state index >= 15 is 0 Å². The Bertz CT molecular complexity index is 420. The van der Waals surface area contributed by atoms with Crippen LogP contribution in [0.15, 0.2) is 4.99 Å². The van der Waals surface area contributed by atoms with Crippen LogP contribution in [0.25, 0.3) is 0 Å². The molecule has 1 aliphatic heterocycles. The smallest absolute Gasteiger partial charge is 0.193 e. The van der Waals surface area contributed by atoms with Crippen molar-refractivity contribution in [1.29, 1.82) is 0 Å². The fourth-order valence-corrected chi connectivity index (χ4v) is 4.17. The molecule has 29 heavy (non-hydrogen) atoms. The van der Waals surface area contributed by atoms with Gasteiger partial charge in [-0.25, -0.2) is 0 Å². The predicted molar refractivity (Wildman–Crippen MR) is 120 cm³/mol. The number of ether oxygens (including phenoxy) is 3. The molecule has 0 aromatic carbocycles. The molecule has 2 rings (SSSR count). The molecular formula is C23H45N3O3. The zero-order valence-electron chi connectivity index (χ0n) is 19.0. The van der Waals surface area contributed by atoms with Crippen LogP contribution in [0, 0.1) is 0 Å². The zero-order chi connectivity index (χ0) is 20.6. The molecule has 2 aliphatic rings. The molecule has 1 saturated heterocycles. The van der Waals surface area contributed by atoms with Gasteiger partial charge in [-0.3, -0.25) is 4.99 Å². The molecule has 1 aliphatic carbocycles. The van der Waals surface area contributed by atoms with E-state index in [0.29, 0.717) is 12.2 Å². The summed E-state index contributed by atoms with van der Waals surface area (Å²) in [6.45, 7) is 8.52. The highest BCUT2D eigenvalue weighted by Gasteiger charge is 2.21. The summed E-state index contributed by atoms with van der Waals surface area (Å²) in [5, 5.41) is 3.47. The van der Waals surface area contributed by atoms with E-state index in [1.807, 2.05) is 0 Å². The van der Waals surface area contributed by atoms with E-state index in [4.69, 9.17) is 19.2 Å². The lowest BCUT2D eigenvalue weighted by Gasteiger charge is -2.34. The second kappa shape index (κ2) is 15.9. The highest BCUT2D eigenvalue weighted by Crippen LogP contribution is 2.20. The SMILES string of the molecule is CCNC(=NCCCCCOC1CCCCC1)N1CCC(OCCCOC)CC1. The molecule has 0 aromatic rings. The van der Waals surface area contributed by atoms with E-state index in [0.717, 1.165) is 84.1 Å². The van der Waals surface area contributed by atoms with Crippen molar-refractivity contribution < 1.29 is 14.2 Å². The number of hydrogen-bond acceptors (Lipinski definition) is 4. The standard InChI is InChI=1S/C23H45N3O3/c1-3-24-23(26-16-13-22(14-17-26)29-20-10-18-27-2)25-15-8-5-9-19-28-21-11-6-4-7-12-21/h21-22H,3-20H2,1-2H3,(H,24,25). The quantitative estimate of drug-likeness (QED) is 0.282. The summed E-state index contributed by atoms with van der Waals surface area (Å²) in [7, 11) is 1.74. The lowest BCUT2D eigenvalue weighted by molar-refractivity contribution is 0.00990. The van der Waals surface area contributed by atoms with E-state index in [1.54, 1.807) is 7.11 Å². The van der Waals surface area contributed by atoms with Gasteiger partial charge in [0.2, 0.25) is 0 Å². The highest BCUT2D eigenvalue weighted by molar-refractivity contribution is 5.80. The number of nitrogens with one attached hydrogen (secondary N) is 1. The van der Waals surface area contributed by atoms with E-state index in [1.165, 1.54) is 38.5 Å². The number of guanidine groups is 1. The van der Waals surface area contributed by atoms with Gasteiger partial charge in [0.25, 0.3) is 0 Å². The van der Waals surface area contributed by atoms with Crippen LogP contribution in [0.4, 0.5) is 0 Å². The van der Waals surface area contributed by atoms with Crippen molar-refractivity contribution in [2.24, 2.45) is 4.99 Å². The van der Waals surface area contributed by atoms with Crippen LogP contribution >= 0.6 is 0 Å². The van der Waals surface area contributed by atoms with Crippen LogP contribution in [0.2, 0.25) is 0 Å². The number of hydrogen-bond donors (Lipinski definition) is 1. The molecule has 0 atom stereocenters. The maximum atomic E-state index is 6.02. The van der Waals surface area contributed by atoms with Gasteiger partial charge in [-0.15, -0.1) is 0 Å². The number of rotatable bonds is 13. The molecule has 6 nitrogen and oxygen atoms in total. The Balaban J connectivity index is 1.56. The Hall–Kier alpha value is -0.850. The Kier molecular flexibility index (Phi) is 13.4. The summed E-state index contributed by atoms with van der Waals surface area (Å²) in [6.07, 6.45) is 14.2. The molecular weight excluding hydrogens is 366 g/mol. The molecule has 0 aromatic heterocycles. The number of piperidine rings is 1. The first kappa shape index (κ1) is 24.4. The molecule has 0 spiro atoms. The third-order valence-corrected chi connectivity index (χ3v) is 5.89. The van der Waals surface area contributed by atoms with Crippen LogP contribution in [-0.2, 0) is 14.2 Å². The summed E-state index contributed by atoms with van der Waals surface area (Å²) < 4.78 is 17.1. The van der Waals surface area contributed by atoms with Crippen LogP contribution in [0.1, 0.15) is 77.6 Å². The summed E-state index contributed by atoms with van der Waals surface area (Å²) in [5.41, 5.74) is 0. The third-order valence-electron chi connectivity index (χ3n) is 5.89. The molecule has 6 heteroatoms. The fraction of sp³-hybridized carbons (Fsp3) is 0.957. The van der Waals surface area contributed by atoms with Gasteiger partial charge in [0.05, 0.1) is 12.2 Å². The number of aliphatic imine (C=N–C) groups is 1. The topological polar surface area (TPSA) is 55.3 Å². The molecule has 0 unspecified atom stereocenters. The highest BCUT2D eigenvalue weighted by atomic mass is 16.5. The largest absolute Gasteiger partial charge is 0.385 e. The molecule has 0 radical (unpaired) electrons. The zero-order valence-corrected chi connectivity index (χ0v) is 19.0. The van der Waals surface area contributed by atoms with Crippen LogP contribution in [0.3, 0.4) is 0 Å². The van der Waals surface area contributed by atoms with Crippen molar-refractivity contribution in [2.45, 2.75) is 89.8 Å². The first-order valence-corrected chi connectivity index (χ1v) is 12.1. The van der Waals surface area contributed by atoms with Crippen molar-refractivity contribution in [3.63, 3.8) is 0 Å². The van der Waals surface area contributed by atoms with Gasteiger partial charge in [0.1, 0.15) is 0 Å². The molecule has 2 fully saturated rings.